The summed E-state index contributed by atoms with van der Waals surface area (Å²) >= 11 is 0. The first-order valence-corrected chi connectivity index (χ1v) is 10.1. The number of hydrogen-bond donors (Lipinski definition) is 2. The molecule has 1 aromatic heterocycles. The number of aromatic nitrogens is 2. The minimum absolute atomic E-state index is 0.143. The van der Waals surface area contributed by atoms with E-state index in [4.69, 9.17) is 11.0 Å². The highest BCUT2D eigenvalue weighted by Crippen LogP contribution is 2.48. The number of halogens is 1. The number of primary amides is 1. The molecule has 0 saturated heterocycles. The number of nitrogens with two attached hydrogens (primary N) is 1. The van der Waals surface area contributed by atoms with Crippen LogP contribution in [0.15, 0.2) is 48.5 Å². The molecular formula is C23H19FN6O2. The van der Waals surface area contributed by atoms with E-state index in [-0.39, 0.29) is 18.1 Å². The van der Waals surface area contributed by atoms with Crippen LogP contribution in [0.4, 0.5) is 14.9 Å². The average Bonchev–Trinajstić information content (AvgIpc) is 3.42. The van der Waals surface area contributed by atoms with Crippen LogP contribution in [0, 0.1) is 17.1 Å². The van der Waals surface area contributed by atoms with Crippen molar-refractivity contribution >= 4 is 17.6 Å². The van der Waals surface area contributed by atoms with Crippen LogP contribution in [0.25, 0.3) is 11.3 Å². The maximum absolute atomic E-state index is 13.8. The van der Waals surface area contributed by atoms with Gasteiger partial charge in [-0.05, 0) is 49.2 Å². The maximum Gasteiger partial charge on any atom is 0.322 e. The Kier molecular flexibility index (Phi) is 4.44. The van der Waals surface area contributed by atoms with Gasteiger partial charge in [-0.15, -0.1) is 0 Å². The summed E-state index contributed by atoms with van der Waals surface area (Å²) in [4.78, 5) is 27.0. The summed E-state index contributed by atoms with van der Waals surface area (Å²) in [6, 6.07) is 14.2. The lowest BCUT2D eigenvalue weighted by molar-refractivity contribution is 0.0996. The zero-order valence-corrected chi connectivity index (χ0v) is 17.0. The number of fused-ring (bicyclic) bond motifs is 2. The Bertz CT molecular complexity index is 1290. The first-order chi connectivity index (χ1) is 15.4. The van der Waals surface area contributed by atoms with Gasteiger partial charge in [-0.1, -0.05) is 12.1 Å². The Morgan fingerprint density at radius 2 is 1.94 bits per heavy atom. The van der Waals surface area contributed by atoms with Crippen molar-refractivity contribution in [2.24, 2.45) is 5.73 Å². The second-order valence-corrected chi connectivity index (χ2v) is 8.16. The van der Waals surface area contributed by atoms with Crippen molar-refractivity contribution in [3.63, 3.8) is 0 Å². The van der Waals surface area contributed by atoms with Crippen LogP contribution in [0.3, 0.4) is 0 Å². The standard InChI is InChI=1S/C23H19FN6O2/c24-16-3-1-2-15(10-16)20-19(21(26)31)18-12-29(13-23(8-9-23)30(18)28-20)22(32)27-17-6-4-14(11-25)5-7-17/h1-7,10H,8-9,12-13H2,(H2,26,31)(H,27,32). The number of carbonyl (C=O) groups is 2. The Morgan fingerprint density at radius 3 is 2.56 bits per heavy atom. The van der Waals surface area contributed by atoms with Crippen molar-refractivity contribution in [1.82, 2.24) is 14.7 Å². The summed E-state index contributed by atoms with van der Waals surface area (Å²) in [6.07, 6.45) is 1.62. The van der Waals surface area contributed by atoms with Gasteiger partial charge in [-0.25, -0.2) is 9.18 Å². The summed E-state index contributed by atoms with van der Waals surface area (Å²) in [6.45, 7) is 0.578. The minimum Gasteiger partial charge on any atom is -0.365 e. The molecule has 0 atom stereocenters. The van der Waals surface area contributed by atoms with Gasteiger partial charge < -0.3 is 16.0 Å². The minimum atomic E-state index is -0.671. The van der Waals surface area contributed by atoms with Crippen LogP contribution < -0.4 is 11.1 Å². The Hall–Kier alpha value is -4.19. The van der Waals surface area contributed by atoms with Crippen LogP contribution in [-0.2, 0) is 12.1 Å². The lowest BCUT2D eigenvalue weighted by Gasteiger charge is -2.34. The molecule has 0 bridgehead atoms. The molecule has 2 aromatic carbocycles. The number of amides is 3. The van der Waals surface area contributed by atoms with Gasteiger partial charge >= 0.3 is 6.03 Å². The predicted molar refractivity (Wildman–Crippen MR) is 114 cm³/mol. The van der Waals surface area contributed by atoms with E-state index in [1.807, 2.05) is 6.07 Å². The summed E-state index contributed by atoms with van der Waals surface area (Å²) in [5.74, 6) is -1.11. The number of rotatable bonds is 3. The number of anilines is 1. The molecule has 3 amide bonds. The zero-order chi connectivity index (χ0) is 22.5. The Morgan fingerprint density at radius 1 is 1.19 bits per heavy atom. The van der Waals surface area contributed by atoms with Crippen molar-refractivity contribution in [1.29, 1.82) is 5.26 Å². The van der Waals surface area contributed by atoms with Gasteiger partial charge in [0.15, 0.2) is 0 Å². The molecule has 8 nitrogen and oxygen atoms in total. The molecule has 2 heterocycles. The summed E-state index contributed by atoms with van der Waals surface area (Å²) in [5, 5.41) is 16.4. The zero-order valence-electron chi connectivity index (χ0n) is 17.0. The van der Waals surface area contributed by atoms with E-state index in [2.05, 4.69) is 10.4 Å². The van der Waals surface area contributed by atoms with Crippen LogP contribution in [0.2, 0.25) is 0 Å². The lowest BCUT2D eigenvalue weighted by atomic mass is 10.0. The largest absolute Gasteiger partial charge is 0.365 e. The molecule has 2 aliphatic rings. The van der Waals surface area contributed by atoms with Crippen molar-refractivity contribution in [3.05, 3.63) is 71.2 Å². The van der Waals surface area contributed by atoms with E-state index in [0.29, 0.717) is 34.7 Å². The van der Waals surface area contributed by atoms with E-state index in [9.17, 15) is 14.0 Å². The molecule has 3 aromatic rings. The molecule has 0 unspecified atom stereocenters. The molecule has 1 aliphatic heterocycles. The van der Waals surface area contributed by atoms with Gasteiger partial charge in [0.25, 0.3) is 5.91 Å². The fourth-order valence-corrected chi connectivity index (χ4v) is 4.24. The highest BCUT2D eigenvalue weighted by Gasteiger charge is 2.52. The maximum atomic E-state index is 13.8. The third-order valence-electron chi connectivity index (χ3n) is 5.98. The molecular weight excluding hydrogens is 411 g/mol. The molecule has 1 saturated carbocycles. The number of carbonyl (C=O) groups excluding carboxylic acids is 2. The Balaban J connectivity index is 1.50. The molecule has 1 spiro atoms. The SMILES string of the molecule is N#Cc1ccc(NC(=O)N2Cc3c(C(N)=O)c(-c4cccc(F)c4)nn3C3(CC3)C2)cc1. The van der Waals surface area contributed by atoms with Gasteiger partial charge in [0, 0.05) is 17.8 Å². The second kappa shape index (κ2) is 7.20. The first kappa shape index (κ1) is 19.8. The topological polar surface area (TPSA) is 117 Å². The number of nitrogens with one attached hydrogen (secondary N) is 1. The van der Waals surface area contributed by atoms with Gasteiger partial charge in [-0.3, -0.25) is 9.48 Å². The summed E-state index contributed by atoms with van der Waals surface area (Å²) in [5.41, 5.74) is 7.92. The molecule has 5 rings (SSSR count). The molecule has 160 valence electrons. The summed E-state index contributed by atoms with van der Waals surface area (Å²) in [7, 11) is 0. The van der Waals surface area contributed by atoms with Crippen molar-refractivity contribution in [3.8, 4) is 17.3 Å². The lowest BCUT2D eigenvalue weighted by Crippen LogP contribution is -2.47. The molecule has 1 aliphatic carbocycles. The third-order valence-corrected chi connectivity index (χ3v) is 5.98. The van der Waals surface area contributed by atoms with Crippen LogP contribution in [0.5, 0.6) is 0 Å². The third kappa shape index (κ3) is 3.26. The van der Waals surface area contributed by atoms with E-state index in [1.165, 1.54) is 12.1 Å². The number of nitrogens with zero attached hydrogens (tertiary/aromatic N) is 4. The molecule has 9 heteroatoms. The van der Waals surface area contributed by atoms with Crippen LogP contribution in [-0.4, -0.2) is 33.2 Å². The van der Waals surface area contributed by atoms with E-state index < -0.39 is 17.3 Å². The van der Waals surface area contributed by atoms with E-state index in [1.54, 1.807) is 46.0 Å². The summed E-state index contributed by atoms with van der Waals surface area (Å²) < 4.78 is 15.6. The molecule has 32 heavy (non-hydrogen) atoms. The normalized spacial score (nSPS) is 15.7. The average molecular weight is 430 g/mol. The number of urea groups is 1. The monoisotopic (exact) mass is 430 g/mol. The fraction of sp³-hybridized carbons (Fsp3) is 0.217. The number of benzene rings is 2. The van der Waals surface area contributed by atoms with E-state index >= 15 is 0 Å². The fourth-order valence-electron chi connectivity index (χ4n) is 4.24. The predicted octanol–water partition coefficient (Wildman–Crippen LogP) is 3.20. The molecule has 3 N–H and O–H groups in total. The van der Waals surface area contributed by atoms with Crippen molar-refractivity contribution in [2.75, 3.05) is 11.9 Å². The van der Waals surface area contributed by atoms with Crippen LogP contribution >= 0.6 is 0 Å². The quantitative estimate of drug-likeness (QED) is 0.663. The van der Waals surface area contributed by atoms with Gasteiger partial charge in [-0.2, -0.15) is 10.4 Å². The van der Waals surface area contributed by atoms with Crippen LogP contribution in [0.1, 0.15) is 34.5 Å². The Labute approximate surface area is 183 Å². The van der Waals surface area contributed by atoms with Gasteiger partial charge in [0.2, 0.25) is 0 Å². The molecule has 1 fully saturated rings. The highest BCUT2D eigenvalue weighted by molar-refractivity contribution is 6.00. The van der Waals surface area contributed by atoms with Crippen molar-refractivity contribution < 1.29 is 14.0 Å². The number of nitriles is 1. The van der Waals surface area contributed by atoms with E-state index in [0.717, 1.165) is 12.8 Å². The second-order valence-electron chi connectivity index (χ2n) is 8.16. The van der Waals surface area contributed by atoms with Gasteiger partial charge in [0.1, 0.15) is 11.5 Å². The molecule has 0 radical (unpaired) electrons. The van der Waals surface area contributed by atoms with Gasteiger partial charge in [0.05, 0.1) is 35.0 Å². The first-order valence-electron chi connectivity index (χ1n) is 10.1. The smallest absolute Gasteiger partial charge is 0.322 e. The number of hydrogen-bond acceptors (Lipinski definition) is 4. The highest BCUT2D eigenvalue weighted by atomic mass is 19.1. The van der Waals surface area contributed by atoms with Crippen molar-refractivity contribution in [2.45, 2.75) is 24.9 Å².